The molecule has 0 spiro atoms. The van der Waals surface area contributed by atoms with Crippen molar-refractivity contribution in [3.63, 3.8) is 0 Å². The van der Waals surface area contributed by atoms with Gasteiger partial charge in [-0.2, -0.15) is 12.7 Å². The summed E-state index contributed by atoms with van der Waals surface area (Å²) in [6.07, 6.45) is 10.1. The van der Waals surface area contributed by atoms with E-state index >= 15 is 0 Å². The summed E-state index contributed by atoms with van der Waals surface area (Å²) in [4.78, 5) is 11.0. The van der Waals surface area contributed by atoms with Gasteiger partial charge in [0.15, 0.2) is 0 Å². The zero-order valence-electron chi connectivity index (χ0n) is 11.9. The zero-order chi connectivity index (χ0) is 14.6. The molecule has 7 heteroatoms. The van der Waals surface area contributed by atoms with Crippen molar-refractivity contribution in [2.75, 3.05) is 0 Å². The van der Waals surface area contributed by atoms with Gasteiger partial charge < -0.3 is 5.73 Å². The molecule has 2 fully saturated rings. The van der Waals surface area contributed by atoms with Crippen LogP contribution in [0.25, 0.3) is 0 Å². The Balaban J connectivity index is 2.19. The molecule has 0 unspecified atom stereocenters. The Morgan fingerprint density at radius 2 is 1.30 bits per heavy atom. The van der Waals surface area contributed by atoms with Gasteiger partial charge in [-0.15, -0.1) is 0 Å². The maximum atomic E-state index is 12.5. The highest BCUT2D eigenvalue weighted by Gasteiger charge is 2.37. The SMILES string of the molecule is NC(=O)NS(=O)(=O)N(C1CCCCC1)C1CCCCC1. The highest BCUT2D eigenvalue weighted by atomic mass is 32.2. The molecule has 20 heavy (non-hydrogen) atoms. The van der Waals surface area contributed by atoms with Crippen LogP contribution in [0.4, 0.5) is 4.79 Å². The lowest BCUT2D eigenvalue weighted by molar-refractivity contribution is 0.168. The minimum Gasteiger partial charge on any atom is -0.351 e. The van der Waals surface area contributed by atoms with Crippen LogP contribution in [0.2, 0.25) is 0 Å². The van der Waals surface area contributed by atoms with Gasteiger partial charge >= 0.3 is 16.2 Å². The minimum atomic E-state index is -3.81. The van der Waals surface area contributed by atoms with E-state index < -0.39 is 16.2 Å². The van der Waals surface area contributed by atoms with Crippen LogP contribution in [0.5, 0.6) is 0 Å². The van der Waals surface area contributed by atoms with Crippen LogP contribution in [0.3, 0.4) is 0 Å². The number of carbonyl (C=O) groups is 1. The molecule has 0 radical (unpaired) electrons. The standard InChI is InChI=1S/C13H25N3O3S/c14-13(17)15-20(18,19)16(11-7-3-1-4-8-11)12-9-5-2-6-10-12/h11-12H,1-10H2,(H3,14,15,17). The average molecular weight is 303 g/mol. The predicted octanol–water partition coefficient (Wildman–Crippen LogP) is 1.87. The average Bonchev–Trinajstić information content (AvgIpc) is 2.39. The van der Waals surface area contributed by atoms with Gasteiger partial charge in [-0.25, -0.2) is 9.52 Å². The molecule has 0 aromatic carbocycles. The van der Waals surface area contributed by atoms with Crippen LogP contribution in [-0.4, -0.2) is 30.8 Å². The molecule has 2 amide bonds. The van der Waals surface area contributed by atoms with Gasteiger partial charge in [0.1, 0.15) is 0 Å². The van der Waals surface area contributed by atoms with Crippen molar-refractivity contribution in [3.8, 4) is 0 Å². The van der Waals surface area contributed by atoms with E-state index in [-0.39, 0.29) is 12.1 Å². The lowest BCUT2D eigenvalue weighted by Gasteiger charge is -2.40. The summed E-state index contributed by atoms with van der Waals surface area (Å²) in [6.45, 7) is 0. The largest absolute Gasteiger partial charge is 0.351 e. The van der Waals surface area contributed by atoms with E-state index in [1.807, 2.05) is 4.72 Å². The summed E-state index contributed by atoms with van der Waals surface area (Å²) < 4.78 is 28.4. The highest BCUT2D eigenvalue weighted by Crippen LogP contribution is 2.31. The Kier molecular flexibility index (Phi) is 5.26. The normalized spacial score (nSPS) is 22.9. The molecule has 0 saturated heterocycles. The molecule has 116 valence electrons. The van der Waals surface area contributed by atoms with Gasteiger partial charge in [-0.3, -0.25) is 0 Å². The molecule has 3 N–H and O–H groups in total. The number of hydrogen-bond donors (Lipinski definition) is 2. The van der Waals surface area contributed by atoms with Crippen LogP contribution >= 0.6 is 0 Å². The molecule has 2 aliphatic rings. The first-order valence-electron chi connectivity index (χ1n) is 7.61. The fourth-order valence-electron chi connectivity index (χ4n) is 3.54. The number of nitrogens with zero attached hydrogens (tertiary/aromatic N) is 1. The molecule has 2 saturated carbocycles. The molecular weight excluding hydrogens is 278 g/mol. The van der Waals surface area contributed by atoms with E-state index in [1.165, 1.54) is 0 Å². The monoisotopic (exact) mass is 303 g/mol. The number of nitrogens with one attached hydrogen (secondary N) is 1. The molecule has 0 heterocycles. The van der Waals surface area contributed by atoms with E-state index in [1.54, 1.807) is 4.31 Å². The third-order valence-electron chi connectivity index (χ3n) is 4.38. The predicted molar refractivity (Wildman–Crippen MR) is 77.2 cm³/mol. The molecule has 6 nitrogen and oxygen atoms in total. The summed E-state index contributed by atoms with van der Waals surface area (Å²) in [5.74, 6) is 0. The van der Waals surface area contributed by atoms with Crippen molar-refractivity contribution >= 4 is 16.2 Å². The fourth-order valence-corrected chi connectivity index (χ4v) is 5.11. The number of urea groups is 1. The van der Waals surface area contributed by atoms with Crippen molar-refractivity contribution in [3.05, 3.63) is 0 Å². The molecule has 0 bridgehead atoms. The lowest BCUT2D eigenvalue weighted by Crippen LogP contribution is -2.54. The Bertz CT molecular complexity index is 408. The van der Waals surface area contributed by atoms with Gasteiger partial charge in [-0.05, 0) is 25.7 Å². The van der Waals surface area contributed by atoms with E-state index in [2.05, 4.69) is 0 Å². The second-order valence-electron chi connectivity index (χ2n) is 5.88. The quantitative estimate of drug-likeness (QED) is 0.830. The number of nitrogens with two attached hydrogens (primary N) is 1. The number of carbonyl (C=O) groups excluding carboxylic acids is 1. The topological polar surface area (TPSA) is 92.5 Å². The summed E-state index contributed by atoms with van der Waals surface area (Å²) in [5, 5.41) is 0. The molecule has 0 aromatic heterocycles. The highest BCUT2D eigenvalue weighted by molar-refractivity contribution is 7.87. The Labute approximate surface area is 121 Å². The van der Waals surface area contributed by atoms with Crippen LogP contribution in [0.1, 0.15) is 64.2 Å². The summed E-state index contributed by atoms with van der Waals surface area (Å²) in [6, 6.07) is -0.964. The van der Waals surface area contributed by atoms with Gasteiger partial charge in [-0.1, -0.05) is 38.5 Å². The number of amides is 2. The summed E-state index contributed by atoms with van der Waals surface area (Å²) in [7, 11) is -3.81. The Hall–Kier alpha value is -0.820. The molecule has 0 atom stereocenters. The van der Waals surface area contributed by atoms with Crippen LogP contribution < -0.4 is 10.5 Å². The van der Waals surface area contributed by atoms with Crippen molar-refractivity contribution < 1.29 is 13.2 Å². The molecule has 2 rings (SSSR count). The third kappa shape index (κ3) is 3.85. The second-order valence-corrected chi connectivity index (χ2v) is 7.46. The summed E-state index contributed by atoms with van der Waals surface area (Å²) >= 11 is 0. The molecule has 0 aliphatic heterocycles. The molecule has 0 aromatic rings. The van der Waals surface area contributed by atoms with E-state index in [0.717, 1.165) is 64.2 Å². The van der Waals surface area contributed by atoms with Crippen LogP contribution in [-0.2, 0) is 10.2 Å². The first kappa shape index (κ1) is 15.6. The summed E-state index contributed by atoms with van der Waals surface area (Å²) in [5.41, 5.74) is 5.02. The van der Waals surface area contributed by atoms with Crippen molar-refractivity contribution in [1.29, 1.82) is 0 Å². The number of rotatable bonds is 4. The van der Waals surface area contributed by atoms with E-state index in [0.29, 0.717) is 0 Å². The zero-order valence-corrected chi connectivity index (χ0v) is 12.7. The van der Waals surface area contributed by atoms with Crippen LogP contribution in [0.15, 0.2) is 0 Å². The van der Waals surface area contributed by atoms with E-state index in [9.17, 15) is 13.2 Å². The maximum Gasteiger partial charge on any atom is 0.326 e. The van der Waals surface area contributed by atoms with Crippen LogP contribution in [0, 0.1) is 0 Å². The van der Waals surface area contributed by atoms with Gasteiger partial charge in [0.2, 0.25) is 0 Å². The first-order valence-corrected chi connectivity index (χ1v) is 9.05. The molecular formula is C13H25N3O3S. The van der Waals surface area contributed by atoms with E-state index in [4.69, 9.17) is 5.73 Å². The van der Waals surface area contributed by atoms with Gasteiger partial charge in [0, 0.05) is 12.1 Å². The maximum absolute atomic E-state index is 12.5. The minimum absolute atomic E-state index is 0.0173. The number of primary amides is 1. The fraction of sp³-hybridized carbons (Fsp3) is 0.923. The number of hydrogen-bond acceptors (Lipinski definition) is 3. The van der Waals surface area contributed by atoms with Crippen molar-refractivity contribution in [1.82, 2.24) is 9.03 Å². The Morgan fingerprint density at radius 1 is 0.900 bits per heavy atom. The lowest BCUT2D eigenvalue weighted by atomic mass is 9.91. The molecule has 2 aliphatic carbocycles. The van der Waals surface area contributed by atoms with Crippen molar-refractivity contribution in [2.24, 2.45) is 5.73 Å². The smallest absolute Gasteiger partial charge is 0.326 e. The van der Waals surface area contributed by atoms with Gasteiger partial charge in [0.05, 0.1) is 0 Å². The van der Waals surface area contributed by atoms with Crippen molar-refractivity contribution in [2.45, 2.75) is 76.3 Å². The third-order valence-corrected chi connectivity index (χ3v) is 5.99. The Morgan fingerprint density at radius 3 is 1.65 bits per heavy atom. The van der Waals surface area contributed by atoms with Gasteiger partial charge in [0.25, 0.3) is 0 Å². The first-order chi connectivity index (χ1) is 9.50. The second kappa shape index (κ2) is 6.76.